The van der Waals surface area contributed by atoms with Crippen molar-refractivity contribution in [3.05, 3.63) is 65.8 Å². The standard InChI is InChI=1S/C18H12ClN5O/c19-11-5-6-15-23-12(9-24(15)8-11)7-20-18-17-16(21-10-22-18)13-3-1-2-4-14(13)25-17/h1-6,8-10H,7H2,(H,20,21,22). The van der Waals surface area contributed by atoms with Gasteiger partial charge in [0.15, 0.2) is 11.4 Å². The second-order valence-electron chi connectivity index (χ2n) is 5.70. The van der Waals surface area contributed by atoms with Crippen LogP contribution in [-0.4, -0.2) is 19.4 Å². The Morgan fingerprint density at radius 1 is 1.08 bits per heavy atom. The SMILES string of the molecule is Clc1ccc2nc(CNc3ncnc4c3oc3ccccc34)cn2c1. The average molecular weight is 350 g/mol. The monoisotopic (exact) mass is 349 g/mol. The number of aromatic nitrogens is 4. The van der Waals surface area contributed by atoms with E-state index in [0.717, 1.165) is 27.8 Å². The predicted molar refractivity (Wildman–Crippen MR) is 96.8 cm³/mol. The Hall–Kier alpha value is -3.12. The van der Waals surface area contributed by atoms with Gasteiger partial charge in [-0.15, -0.1) is 0 Å². The lowest BCUT2D eigenvalue weighted by molar-refractivity contribution is 0.666. The molecule has 0 radical (unpaired) electrons. The van der Waals surface area contributed by atoms with Gasteiger partial charge in [0.05, 0.1) is 17.3 Å². The Balaban J connectivity index is 1.50. The second kappa shape index (κ2) is 5.46. The number of imidazole rings is 1. The van der Waals surface area contributed by atoms with Crippen molar-refractivity contribution in [2.24, 2.45) is 0 Å². The highest BCUT2D eigenvalue weighted by Crippen LogP contribution is 2.30. The molecule has 0 amide bonds. The first-order valence-corrected chi connectivity index (χ1v) is 8.15. The zero-order valence-corrected chi connectivity index (χ0v) is 13.7. The lowest BCUT2D eigenvalue weighted by Gasteiger charge is -2.02. The predicted octanol–water partition coefficient (Wildman–Crippen LogP) is 4.29. The summed E-state index contributed by atoms with van der Waals surface area (Å²) < 4.78 is 7.82. The number of anilines is 1. The van der Waals surface area contributed by atoms with Gasteiger partial charge in [-0.1, -0.05) is 23.7 Å². The summed E-state index contributed by atoms with van der Waals surface area (Å²) in [6.07, 6.45) is 5.30. The van der Waals surface area contributed by atoms with Gasteiger partial charge in [-0.25, -0.2) is 15.0 Å². The molecule has 0 spiro atoms. The van der Waals surface area contributed by atoms with Gasteiger partial charge >= 0.3 is 0 Å². The van der Waals surface area contributed by atoms with Crippen LogP contribution in [0.2, 0.25) is 5.02 Å². The number of pyridine rings is 1. The molecule has 0 fully saturated rings. The molecule has 0 aliphatic rings. The van der Waals surface area contributed by atoms with Crippen molar-refractivity contribution in [1.82, 2.24) is 19.4 Å². The molecular weight excluding hydrogens is 338 g/mol. The Bertz CT molecular complexity index is 1230. The maximum atomic E-state index is 6.01. The number of fused-ring (bicyclic) bond motifs is 4. The second-order valence-corrected chi connectivity index (χ2v) is 6.13. The highest BCUT2D eigenvalue weighted by atomic mass is 35.5. The molecule has 122 valence electrons. The largest absolute Gasteiger partial charge is 0.450 e. The first-order chi connectivity index (χ1) is 12.3. The fourth-order valence-corrected chi connectivity index (χ4v) is 3.09. The summed E-state index contributed by atoms with van der Waals surface area (Å²) in [7, 11) is 0. The number of furan rings is 1. The molecule has 0 unspecified atom stereocenters. The van der Waals surface area contributed by atoms with E-state index in [2.05, 4.69) is 20.3 Å². The van der Waals surface area contributed by atoms with Crippen LogP contribution in [0.5, 0.6) is 0 Å². The van der Waals surface area contributed by atoms with E-state index in [0.29, 0.717) is 23.0 Å². The molecule has 0 aliphatic carbocycles. The van der Waals surface area contributed by atoms with E-state index in [-0.39, 0.29) is 0 Å². The van der Waals surface area contributed by atoms with Crippen molar-refractivity contribution < 1.29 is 4.42 Å². The molecule has 5 aromatic rings. The van der Waals surface area contributed by atoms with E-state index in [9.17, 15) is 0 Å². The van der Waals surface area contributed by atoms with E-state index in [1.807, 2.05) is 53.2 Å². The van der Waals surface area contributed by atoms with Gasteiger partial charge in [0.2, 0.25) is 0 Å². The Kier molecular flexibility index (Phi) is 3.11. The molecule has 0 saturated carbocycles. The number of hydrogen-bond donors (Lipinski definition) is 1. The van der Waals surface area contributed by atoms with Gasteiger partial charge in [-0.05, 0) is 24.3 Å². The number of nitrogens with one attached hydrogen (secondary N) is 1. The molecule has 5 rings (SSSR count). The minimum atomic E-state index is 0.516. The molecule has 7 heteroatoms. The lowest BCUT2D eigenvalue weighted by Crippen LogP contribution is -2.02. The molecule has 4 aromatic heterocycles. The molecule has 4 heterocycles. The van der Waals surface area contributed by atoms with Gasteiger partial charge in [0.1, 0.15) is 23.1 Å². The number of para-hydroxylation sites is 1. The van der Waals surface area contributed by atoms with Crippen molar-refractivity contribution in [3.63, 3.8) is 0 Å². The number of benzene rings is 1. The van der Waals surface area contributed by atoms with E-state index < -0.39 is 0 Å². The number of hydrogen-bond acceptors (Lipinski definition) is 5. The maximum Gasteiger partial charge on any atom is 0.196 e. The zero-order valence-electron chi connectivity index (χ0n) is 13.0. The summed E-state index contributed by atoms with van der Waals surface area (Å²) in [6.45, 7) is 0.516. The molecule has 0 bridgehead atoms. The zero-order chi connectivity index (χ0) is 16.8. The van der Waals surface area contributed by atoms with Gasteiger partial charge in [-0.2, -0.15) is 0 Å². The van der Waals surface area contributed by atoms with Crippen molar-refractivity contribution >= 4 is 45.1 Å². The average Bonchev–Trinajstić information content (AvgIpc) is 3.20. The van der Waals surface area contributed by atoms with Gasteiger partial charge in [0.25, 0.3) is 0 Å². The molecule has 0 saturated heterocycles. The van der Waals surface area contributed by atoms with Crippen LogP contribution in [0.25, 0.3) is 27.7 Å². The first-order valence-electron chi connectivity index (χ1n) is 7.77. The third-order valence-electron chi connectivity index (χ3n) is 4.06. The van der Waals surface area contributed by atoms with Gasteiger partial charge < -0.3 is 14.1 Å². The van der Waals surface area contributed by atoms with Crippen LogP contribution in [-0.2, 0) is 6.54 Å². The lowest BCUT2D eigenvalue weighted by atomic mass is 10.2. The van der Waals surface area contributed by atoms with Crippen LogP contribution in [0, 0.1) is 0 Å². The summed E-state index contributed by atoms with van der Waals surface area (Å²) in [5.41, 5.74) is 3.97. The summed E-state index contributed by atoms with van der Waals surface area (Å²) >= 11 is 6.01. The third-order valence-corrected chi connectivity index (χ3v) is 4.28. The minimum Gasteiger partial charge on any atom is -0.450 e. The van der Waals surface area contributed by atoms with Crippen LogP contribution >= 0.6 is 11.6 Å². The van der Waals surface area contributed by atoms with Gasteiger partial charge in [-0.3, -0.25) is 0 Å². The fraction of sp³-hybridized carbons (Fsp3) is 0.0556. The highest BCUT2D eigenvalue weighted by Gasteiger charge is 2.13. The smallest absolute Gasteiger partial charge is 0.196 e. The number of rotatable bonds is 3. The molecule has 6 nitrogen and oxygen atoms in total. The molecule has 0 atom stereocenters. The van der Waals surface area contributed by atoms with Crippen LogP contribution < -0.4 is 5.32 Å². The van der Waals surface area contributed by atoms with E-state index in [1.165, 1.54) is 6.33 Å². The minimum absolute atomic E-state index is 0.516. The maximum absolute atomic E-state index is 6.01. The van der Waals surface area contributed by atoms with E-state index in [1.54, 1.807) is 0 Å². The summed E-state index contributed by atoms with van der Waals surface area (Å²) in [6, 6.07) is 11.5. The molecular formula is C18H12ClN5O. The van der Waals surface area contributed by atoms with Crippen LogP contribution in [0.1, 0.15) is 5.69 Å². The van der Waals surface area contributed by atoms with Crippen molar-refractivity contribution in [1.29, 1.82) is 0 Å². The van der Waals surface area contributed by atoms with Crippen LogP contribution in [0.15, 0.2) is 59.5 Å². The number of halogens is 1. The summed E-state index contributed by atoms with van der Waals surface area (Å²) in [4.78, 5) is 13.2. The highest BCUT2D eigenvalue weighted by molar-refractivity contribution is 6.30. The van der Waals surface area contributed by atoms with Crippen molar-refractivity contribution in [2.45, 2.75) is 6.54 Å². The van der Waals surface area contributed by atoms with Crippen molar-refractivity contribution in [3.8, 4) is 0 Å². The Morgan fingerprint density at radius 3 is 2.96 bits per heavy atom. The fourth-order valence-electron chi connectivity index (χ4n) is 2.93. The summed E-state index contributed by atoms with van der Waals surface area (Å²) in [5, 5.41) is 4.93. The third kappa shape index (κ3) is 2.38. The van der Waals surface area contributed by atoms with Crippen LogP contribution in [0.4, 0.5) is 5.82 Å². The van der Waals surface area contributed by atoms with E-state index >= 15 is 0 Å². The van der Waals surface area contributed by atoms with Crippen molar-refractivity contribution in [2.75, 3.05) is 5.32 Å². The Morgan fingerprint density at radius 2 is 2.00 bits per heavy atom. The normalized spacial score (nSPS) is 11.6. The van der Waals surface area contributed by atoms with E-state index in [4.69, 9.17) is 16.0 Å². The molecule has 0 aliphatic heterocycles. The summed E-state index contributed by atoms with van der Waals surface area (Å²) in [5.74, 6) is 0.649. The molecule has 1 aromatic carbocycles. The van der Waals surface area contributed by atoms with Gasteiger partial charge in [0, 0.05) is 17.8 Å². The first kappa shape index (κ1) is 14.2. The molecule has 1 N–H and O–H groups in total. The number of nitrogens with zero attached hydrogens (tertiary/aromatic N) is 4. The Labute approximate surface area is 147 Å². The molecule has 25 heavy (non-hydrogen) atoms. The quantitative estimate of drug-likeness (QED) is 0.526. The van der Waals surface area contributed by atoms with Crippen LogP contribution in [0.3, 0.4) is 0 Å². The topological polar surface area (TPSA) is 68.2 Å².